The van der Waals surface area contributed by atoms with Gasteiger partial charge < -0.3 is 20.3 Å². The number of nitrogens with zero attached hydrogens (tertiary/aromatic N) is 2. The van der Waals surface area contributed by atoms with Crippen LogP contribution in [0.5, 0.6) is 0 Å². The van der Waals surface area contributed by atoms with Crippen LogP contribution in [0.15, 0.2) is 59.5 Å². The molecule has 0 radical (unpaired) electrons. The number of aliphatic hydroxyl groups is 2. The predicted octanol–water partition coefficient (Wildman–Crippen LogP) is 1.16. The zero-order chi connectivity index (χ0) is 25.8. The molecule has 10 nitrogen and oxygen atoms in total. The number of rotatable bonds is 4. The number of amides is 1. The first kappa shape index (κ1) is 23.6. The number of halogens is 2. The molecule has 1 fully saturated rings. The lowest BCUT2D eigenvalue weighted by Crippen LogP contribution is -2.41. The van der Waals surface area contributed by atoms with Crippen molar-refractivity contribution in [1.29, 1.82) is 0 Å². The molecule has 1 aliphatic heterocycles. The van der Waals surface area contributed by atoms with E-state index < -0.39 is 48.3 Å². The number of aliphatic hydroxyl groups excluding tert-OH is 2. The third-order valence-electron chi connectivity index (χ3n) is 6.07. The Balaban J connectivity index is 1.39. The first-order valence-electron chi connectivity index (χ1n) is 10.7. The number of anilines is 1. The summed E-state index contributed by atoms with van der Waals surface area (Å²) in [5.41, 5.74) is -0.515. The topological polar surface area (TPSA) is 148 Å². The van der Waals surface area contributed by atoms with Gasteiger partial charge in [-0.1, -0.05) is 24.3 Å². The monoisotopic (exact) mass is 497 g/mol. The molecule has 3 N–H and O–H groups in total. The van der Waals surface area contributed by atoms with Gasteiger partial charge in [-0.2, -0.15) is 13.8 Å². The summed E-state index contributed by atoms with van der Waals surface area (Å²) in [5.74, 6) is -5.68. The lowest BCUT2D eigenvalue weighted by molar-refractivity contribution is -0.140. The van der Waals surface area contributed by atoms with Crippen molar-refractivity contribution in [2.75, 3.05) is 11.9 Å². The molecule has 1 amide bonds. The van der Waals surface area contributed by atoms with Crippen LogP contribution in [0.1, 0.15) is 48.4 Å². The van der Waals surface area contributed by atoms with Gasteiger partial charge in [0.1, 0.15) is 11.9 Å². The van der Waals surface area contributed by atoms with Crippen molar-refractivity contribution in [1.82, 2.24) is 9.55 Å². The lowest BCUT2D eigenvalue weighted by Gasteiger charge is -2.21. The number of fused-ring (bicyclic) bond motifs is 2. The molecule has 5 rings (SSSR count). The van der Waals surface area contributed by atoms with Gasteiger partial charge in [-0.3, -0.25) is 19.0 Å². The van der Waals surface area contributed by atoms with Crippen molar-refractivity contribution in [3.8, 4) is 0 Å². The second kappa shape index (κ2) is 8.52. The number of ether oxygens (including phenoxy) is 1. The second-order valence-corrected chi connectivity index (χ2v) is 8.25. The molecule has 3 aromatic rings. The first-order valence-corrected chi connectivity index (χ1v) is 10.7. The van der Waals surface area contributed by atoms with E-state index >= 15 is 0 Å². The number of ketones is 2. The fourth-order valence-corrected chi connectivity index (χ4v) is 4.21. The van der Waals surface area contributed by atoms with Crippen molar-refractivity contribution in [2.45, 2.75) is 24.4 Å². The molecule has 36 heavy (non-hydrogen) atoms. The minimum atomic E-state index is -3.88. The maximum absolute atomic E-state index is 14.3. The molecule has 184 valence electrons. The standard InChI is InChI=1S/C24H17F2N3O7/c25-24(26)20(33)16(10-30)36-22(24)29-8-7-17(28-23(29)35)27-21(34)11-5-6-14-15(9-11)19(32)13-4-2-1-3-12(13)18(14)31/h1-9,16,20,22,30,33H,10H2,(H,27,28,34,35)/t16?,20-,22+/m0/s1. The molecule has 2 aliphatic rings. The molecule has 1 aromatic heterocycles. The minimum Gasteiger partial charge on any atom is -0.394 e. The van der Waals surface area contributed by atoms with E-state index in [9.17, 15) is 33.1 Å². The Labute approximate surface area is 200 Å². The third-order valence-corrected chi connectivity index (χ3v) is 6.07. The Bertz CT molecular complexity index is 1490. The van der Waals surface area contributed by atoms with E-state index in [1.165, 1.54) is 24.3 Å². The average Bonchev–Trinajstić information content (AvgIpc) is 3.10. The summed E-state index contributed by atoms with van der Waals surface area (Å²) < 4.78 is 34.0. The predicted molar refractivity (Wildman–Crippen MR) is 118 cm³/mol. The van der Waals surface area contributed by atoms with Gasteiger partial charge >= 0.3 is 11.6 Å². The van der Waals surface area contributed by atoms with E-state index in [4.69, 9.17) is 9.84 Å². The van der Waals surface area contributed by atoms with Crippen LogP contribution < -0.4 is 11.0 Å². The number of hydrogen-bond donors (Lipinski definition) is 3. The van der Waals surface area contributed by atoms with Crippen LogP contribution in [0.4, 0.5) is 14.6 Å². The second-order valence-electron chi connectivity index (χ2n) is 8.25. The van der Waals surface area contributed by atoms with Gasteiger partial charge in [0.2, 0.25) is 6.23 Å². The maximum Gasteiger partial charge on any atom is 0.351 e. The Morgan fingerprint density at radius 2 is 1.67 bits per heavy atom. The zero-order valence-electron chi connectivity index (χ0n) is 18.2. The van der Waals surface area contributed by atoms with Gasteiger partial charge in [0.25, 0.3) is 5.91 Å². The summed E-state index contributed by atoms with van der Waals surface area (Å²) in [6.07, 6.45) is -5.23. The number of carbonyl (C=O) groups excluding carboxylic acids is 3. The highest BCUT2D eigenvalue weighted by Gasteiger charge is 2.59. The van der Waals surface area contributed by atoms with E-state index in [0.29, 0.717) is 4.57 Å². The zero-order valence-corrected chi connectivity index (χ0v) is 18.2. The van der Waals surface area contributed by atoms with E-state index in [-0.39, 0.29) is 39.4 Å². The fourth-order valence-electron chi connectivity index (χ4n) is 4.21. The highest BCUT2D eigenvalue weighted by molar-refractivity contribution is 6.28. The SMILES string of the molecule is O=C(Nc1ccn([C@@H]2OC(CO)[C@H](O)C2(F)F)c(=O)n1)c1ccc2c(c1)C(=O)c1ccccc1C2=O. The smallest absolute Gasteiger partial charge is 0.351 e. The molecule has 1 unspecified atom stereocenters. The summed E-state index contributed by atoms with van der Waals surface area (Å²) in [6.45, 7) is -0.885. The number of hydrogen-bond acceptors (Lipinski definition) is 8. The van der Waals surface area contributed by atoms with Crippen molar-refractivity contribution in [3.63, 3.8) is 0 Å². The Morgan fingerprint density at radius 3 is 2.28 bits per heavy atom. The normalized spacial score (nSPS) is 22.2. The Morgan fingerprint density at radius 1 is 1.03 bits per heavy atom. The number of nitrogens with one attached hydrogen (secondary N) is 1. The van der Waals surface area contributed by atoms with Crippen LogP contribution >= 0.6 is 0 Å². The van der Waals surface area contributed by atoms with Gasteiger partial charge in [0.05, 0.1) is 6.61 Å². The maximum atomic E-state index is 14.3. The summed E-state index contributed by atoms with van der Waals surface area (Å²) in [6, 6.07) is 11.3. The quantitative estimate of drug-likeness (QED) is 0.381. The first-order chi connectivity index (χ1) is 17.1. The summed E-state index contributed by atoms with van der Waals surface area (Å²) in [7, 11) is 0. The molecular weight excluding hydrogens is 480 g/mol. The molecular formula is C24H17F2N3O7. The van der Waals surface area contributed by atoms with E-state index in [1.807, 2.05) is 0 Å². The Kier molecular flexibility index (Phi) is 5.58. The van der Waals surface area contributed by atoms with Gasteiger partial charge in [-0.05, 0) is 24.3 Å². The van der Waals surface area contributed by atoms with Crippen molar-refractivity contribution >= 4 is 23.3 Å². The van der Waals surface area contributed by atoms with E-state index in [0.717, 1.165) is 12.3 Å². The van der Waals surface area contributed by atoms with Crippen LogP contribution in [0, 0.1) is 0 Å². The van der Waals surface area contributed by atoms with E-state index in [2.05, 4.69) is 10.3 Å². The molecule has 0 spiro atoms. The Hall–Kier alpha value is -4.13. The van der Waals surface area contributed by atoms with Crippen molar-refractivity contribution in [2.24, 2.45) is 0 Å². The number of alkyl halides is 2. The molecule has 0 bridgehead atoms. The van der Waals surface area contributed by atoms with Crippen LogP contribution in [-0.4, -0.2) is 62.0 Å². The van der Waals surface area contributed by atoms with Crippen molar-refractivity contribution in [3.05, 3.63) is 93.0 Å². The molecule has 12 heteroatoms. The molecule has 1 saturated heterocycles. The summed E-state index contributed by atoms with van der Waals surface area (Å²) in [4.78, 5) is 54.3. The highest BCUT2D eigenvalue weighted by atomic mass is 19.3. The average molecular weight is 497 g/mol. The molecule has 2 heterocycles. The molecule has 1 aliphatic carbocycles. The highest BCUT2D eigenvalue weighted by Crippen LogP contribution is 2.42. The van der Waals surface area contributed by atoms with Gasteiger partial charge in [-0.15, -0.1) is 0 Å². The fraction of sp³-hybridized carbons (Fsp3) is 0.208. The number of benzene rings is 2. The van der Waals surface area contributed by atoms with Gasteiger partial charge in [0.15, 0.2) is 17.7 Å². The van der Waals surface area contributed by atoms with Crippen LogP contribution in [-0.2, 0) is 4.74 Å². The lowest BCUT2D eigenvalue weighted by atomic mass is 9.83. The van der Waals surface area contributed by atoms with Crippen LogP contribution in [0.25, 0.3) is 0 Å². The molecule has 2 aromatic carbocycles. The van der Waals surface area contributed by atoms with Gasteiger partial charge in [-0.25, -0.2) is 4.79 Å². The van der Waals surface area contributed by atoms with Gasteiger partial charge in [0, 0.05) is 34.0 Å². The summed E-state index contributed by atoms with van der Waals surface area (Å²) >= 11 is 0. The van der Waals surface area contributed by atoms with Crippen LogP contribution in [0.2, 0.25) is 0 Å². The largest absolute Gasteiger partial charge is 0.394 e. The van der Waals surface area contributed by atoms with E-state index in [1.54, 1.807) is 18.2 Å². The minimum absolute atomic E-state index is 0.000158. The number of aromatic nitrogens is 2. The molecule has 0 saturated carbocycles. The third kappa shape index (κ3) is 3.63. The number of carbonyl (C=O) groups is 3. The summed E-state index contributed by atoms with van der Waals surface area (Å²) in [5, 5.41) is 21.1. The van der Waals surface area contributed by atoms with Crippen LogP contribution in [0.3, 0.4) is 0 Å². The molecule has 3 atom stereocenters. The van der Waals surface area contributed by atoms with Crippen molar-refractivity contribution < 1.29 is 38.1 Å².